The highest BCUT2D eigenvalue weighted by Crippen LogP contribution is 2.31. The zero-order chi connectivity index (χ0) is 18.9. The lowest BCUT2D eigenvalue weighted by molar-refractivity contribution is -0.137. The van der Waals surface area contributed by atoms with Gasteiger partial charge < -0.3 is 0 Å². The van der Waals surface area contributed by atoms with Crippen molar-refractivity contribution in [1.82, 2.24) is 0 Å². The highest BCUT2D eigenvalue weighted by Gasteiger charge is 2.31. The van der Waals surface area contributed by atoms with Gasteiger partial charge in [0.05, 0.1) is 21.1 Å². The van der Waals surface area contributed by atoms with Crippen LogP contribution in [0.4, 0.5) is 18.9 Å². The maximum absolute atomic E-state index is 12.7. The Balaban J connectivity index is 2.31. The summed E-state index contributed by atoms with van der Waals surface area (Å²) in [6, 6.07) is 8.23. The van der Waals surface area contributed by atoms with Gasteiger partial charge in [-0.3, -0.25) is 4.72 Å². The Hall–Kier alpha value is -2.07. The number of hydrogen-bond acceptors (Lipinski definition) is 4. The molecule has 0 saturated carbocycles. The number of anilines is 1. The number of rotatable bonds is 5. The largest absolute Gasteiger partial charge is 0.416 e. The molecule has 0 saturated heterocycles. The third kappa shape index (κ3) is 4.51. The van der Waals surface area contributed by atoms with Crippen LogP contribution in [-0.2, 0) is 26.0 Å². The molecule has 2 rings (SSSR count). The van der Waals surface area contributed by atoms with Gasteiger partial charge in [-0.05, 0) is 42.5 Å². The first-order valence-corrected chi connectivity index (χ1v) is 10.1. The molecule has 2 aromatic rings. The van der Waals surface area contributed by atoms with Gasteiger partial charge in [-0.15, -0.1) is 0 Å². The smallest absolute Gasteiger partial charge is 0.280 e. The van der Waals surface area contributed by atoms with Crippen molar-refractivity contribution < 1.29 is 30.0 Å². The first-order chi connectivity index (χ1) is 11.5. The van der Waals surface area contributed by atoms with Crippen LogP contribution in [0.2, 0.25) is 0 Å². The normalized spacial score (nSPS) is 12.8. The first kappa shape index (κ1) is 19.3. The summed E-state index contributed by atoms with van der Waals surface area (Å²) in [6.07, 6.45) is -4.66. The molecule has 0 bridgehead atoms. The Morgan fingerprint density at radius 3 is 2.04 bits per heavy atom. The van der Waals surface area contributed by atoms with Gasteiger partial charge in [-0.25, -0.2) is 16.8 Å². The predicted molar refractivity (Wildman–Crippen MR) is 86.4 cm³/mol. The Bertz CT molecular complexity index is 967. The average Bonchev–Trinajstić information content (AvgIpc) is 2.54. The second-order valence-electron chi connectivity index (χ2n) is 5.06. The molecule has 5 nitrogen and oxygen atoms in total. The van der Waals surface area contributed by atoms with Crippen molar-refractivity contribution in [2.45, 2.75) is 22.9 Å². The van der Waals surface area contributed by atoms with Crippen LogP contribution in [0.1, 0.15) is 12.5 Å². The third-order valence-electron chi connectivity index (χ3n) is 3.32. The van der Waals surface area contributed by atoms with Crippen molar-refractivity contribution in [3.8, 4) is 0 Å². The highest BCUT2D eigenvalue weighted by molar-refractivity contribution is 7.92. The van der Waals surface area contributed by atoms with Crippen LogP contribution >= 0.6 is 0 Å². The molecule has 2 aromatic carbocycles. The van der Waals surface area contributed by atoms with E-state index in [1.54, 1.807) is 0 Å². The summed E-state index contributed by atoms with van der Waals surface area (Å²) >= 11 is 0. The van der Waals surface area contributed by atoms with Crippen LogP contribution in [0.5, 0.6) is 0 Å². The van der Waals surface area contributed by atoms with E-state index in [0.717, 1.165) is 18.2 Å². The maximum atomic E-state index is 12.7. The van der Waals surface area contributed by atoms with Crippen molar-refractivity contribution in [3.63, 3.8) is 0 Å². The van der Waals surface area contributed by atoms with E-state index in [-0.39, 0.29) is 16.3 Å². The second-order valence-corrected chi connectivity index (χ2v) is 9.02. The van der Waals surface area contributed by atoms with Gasteiger partial charge in [0.2, 0.25) is 0 Å². The Labute approximate surface area is 143 Å². The number of nitrogens with one attached hydrogen (secondary N) is 1. The number of hydrogen-bond donors (Lipinski definition) is 1. The van der Waals surface area contributed by atoms with Crippen LogP contribution in [0, 0.1) is 0 Å². The minimum atomic E-state index is -4.66. The molecule has 0 amide bonds. The van der Waals surface area contributed by atoms with Gasteiger partial charge in [-0.2, -0.15) is 13.2 Å². The summed E-state index contributed by atoms with van der Waals surface area (Å²) < 4.78 is 88.1. The third-order valence-corrected chi connectivity index (χ3v) is 6.45. The van der Waals surface area contributed by atoms with Crippen molar-refractivity contribution >= 4 is 25.5 Å². The lowest BCUT2D eigenvalue weighted by atomic mass is 10.2. The Morgan fingerprint density at radius 2 is 1.52 bits per heavy atom. The molecule has 0 spiro atoms. The van der Waals surface area contributed by atoms with Crippen molar-refractivity contribution in [2.24, 2.45) is 0 Å². The van der Waals surface area contributed by atoms with E-state index in [9.17, 15) is 30.0 Å². The van der Waals surface area contributed by atoms with Crippen molar-refractivity contribution in [1.29, 1.82) is 0 Å². The summed E-state index contributed by atoms with van der Waals surface area (Å²) in [4.78, 5) is -0.524. The van der Waals surface area contributed by atoms with Crippen LogP contribution in [0.3, 0.4) is 0 Å². The van der Waals surface area contributed by atoms with Gasteiger partial charge in [0.1, 0.15) is 0 Å². The first-order valence-electron chi connectivity index (χ1n) is 6.98. The maximum Gasteiger partial charge on any atom is 0.416 e. The number of sulfone groups is 1. The van der Waals surface area contributed by atoms with E-state index in [1.807, 2.05) is 0 Å². The summed E-state index contributed by atoms with van der Waals surface area (Å²) in [5, 5.41) is 0. The topological polar surface area (TPSA) is 80.3 Å². The molecule has 0 radical (unpaired) electrons. The van der Waals surface area contributed by atoms with Crippen LogP contribution in [0.25, 0.3) is 0 Å². The zero-order valence-corrected chi connectivity index (χ0v) is 14.5. The van der Waals surface area contributed by atoms with Gasteiger partial charge in [0.25, 0.3) is 10.0 Å². The lowest BCUT2D eigenvalue weighted by Crippen LogP contribution is -2.14. The summed E-state index contributed by atoms with van der Waals surface area (Å²) in [5.41, 5.74) is -1.05. The Morgan fingerprint density at radius 1 is 0.920 bits per heavy atom. The fourth-order valence-corrected chi connectivity index (χ4v) is 3.94. The van der Waals surface area contributed by atoms with E-state index in [1.165, 1.54) is 31.2 Å². The molecule has 0 aliphatic rings. The molecule has 0 fully saturated rings. The fourth-order valence-electron chi connectivity index (χ4n) is 1.95. The number of benzene rings is 2. The predicted octanol–water partition coefficient (Wildman–Crippen LogP) is 3.30. The minimum absolute atomic E-state index is 0.0250. The van der Waals surface area contributed by atoms with Gasteiger partial charge in [0.15, 0.2) is 9.84 Å². The quantitative estimate of drug-likeness (QED) is 0.845. The molecule has 0 aliphatic heterocycles. The molecule has 0 aromatic heterocycles. The zero-order valence-electron chi connectivity index (χ0n) is 12.9. The van der Waals surface area contributed by atoms with Gasteiger partial charge in [-0.1, -0.05) is 13.0 Å². The van der Waals surface area contributed by atoms with E-state index in [2.05, 4.69) is 4.72 Å². The second kappa shape index (κ2) is 6.68. The summed E-state index contributed by atoms with van der Waals surface area (Å²) in [6.45, 7) is 1.47. The minimum Gasteiger partial charge on any atom is -0.280 e. The molecule has 0 aliphatic carbocycles. The molecular weight excluding hydrogens is 379 g/mol. The summed E-state index contributed by atoms with van der Waals surface area (Å²) in [7, 11) is -7.68. The van der Waals surface area contributed by atoms with Crippen molar-refractivity contribution in [2.75, 3.05) is 10.5 Å². The Kier molecular flexibility index (Phi) is 5.14. The number of alkyl halides is 3. The van der Waals surface area contributed by atoms with E-state index in [0.29, 0.717) is 6.07 Å². The molecule has 0 atom stereocenters. The molecule has 1 N–H and O–H groups in total. The standard InChI is InChI=1S/C15H14F3NO4S2/c1-2-24(20,21)13-8-6-12(7-9-13)19-25(22,23)14-5-3-4-11(10-14)15(16,17)18/h3-10,19H,2H2,1H3. The fraction of sp³-hybridized carbons (Fsp3) is 0.200. The highest BCUT2D eigenvalue weighted by atomic mass is 32.2. The van der Waals surface area contributed by atoms with Crippen LogP contribution < -0.4 is 4.72 Å². The van der Waals surface area contributed by atoms with E-state index < -0.39 is 36.5 Å². The van der Waals surface area contributed by atoms with Gasteiger partial charge in [0, 0.05) is 5.69 Å². The van der Waals surface area contributed by atoms with E-state index >= 15 is 0 Å². The molecule has 0 heterocycles. The molecule has 0 unspecified atom stereocenters. The molecule has 136 valence electrons. The van der Waals surface area contributed by atoms with Gasteiger partial charge >= 0.3 is 6.18 Å². The summed E-state index contributed by atoms with van der Waals surface area (Å²) in [5.74, 6) is -0.109. The van der Waals surface area contributed by atoms with Crippen molar-refractivity contribution in [3.05, 3.63) is 54.1 Å². The molecule has 10 heteroatoms. The van der Waals surface area contributed by atoms with E-state index in [4.69, 9.17) is 0 Å². The van der Waals surface area contributed by atoms with Crippen LogP contribution in [-0.4, -0.2) is 22.6 Å². The lowest BCUT2D eigenvalue weighted by Gasteiger charge is -2.11. The molecule has 25 heavy (non-hydrogen) atoms. The monoisotopic (exact) mass is 393 g/mol. The number of halogens is 3. The average molecular weight is 393 g/mol. The van der Waals surface area contributed by atoms with Crippen LogP contribution in [0.15, 0.2) is 58.3 Å². The number of sulfonamides is 1. The molecular formula is C15H14F3NO4S2. The SMILES string of the molecule is CCS(=O)(=O)c1ccc(NS(=O)(=O)c2cccc(C(F)(F)F)c2)cc1.